The van der Waals surface area contributed by atoms with Gasteiger partial charge in [0.15, 0.2) is 6.04 Å². The highest BCUT2D eigenvalue weighted by molar-refractivity contribution is 5.97. The zero-order chi connectivity index (χ0) is 11.3. The lowest BCUT2D eigenvalue weighted by atomic mass is 10.1. The number of nitroso groups, excluding NO2 is 1. The maximum atomic E-state index is 11.4. The minimum atomic E-state index is -1.17. The standard InChI is InChI=1S/C10H10N2O3/c1-7(13)11-10(14)9(12-15)8-5-3-2-4-6-8/h2-6,9H,1H3,(H,11,13,14). The van der Waals surface area contributed by atoms with Gasteiger partial charge in [-0.3, -0.25) is 14.9 Å². The Morgan fingerprint density at radius 1 is 1.27 bits per heavy atom. The van der Waals surface area contributed by atoms with Crippen molar-refractivity contribution in [3.63, 3.8) is 0 Å². The first-order valence-electron chi connectivity index (χ1n) is 4.34. The lowest BCUT2D eigenvalue weighted by Crippen LogP contribution is -2.32. The molecule has 0 aliphatic heterocycles. The molecule has 2 amide bonds. The van der Waals surface area contributed by atoms with Crippen molar-refractivity contribution in [2.45, 2.75) is 13.0 Å². The van der Waals surface area contributed by atoms with Gasteiger partial charge in [0.05, 0.1) is 0 Å². The van der Waals surface area contributed by atoms with Crippen molar-refractivity contribution in [2.24, 2.45) is 5.18 Å². The lowest BCUT2D eigenvalue weighted by Gasteiger charge is -2.07. The van der Waals surface area contributed by atoms with Crippen molar-refractivity contribution in [1.82, 2.24) is 5.32 Å². The van der Waals surface area contributed by atoms with E-state index in [4.69, 9.17) is 0 Å². The number of nitrogens with zero attached hydrogens (tertiary/aromatic N) is 1. The third-order valence-electron chi connectivity index (χ3n) is 1.77. The summed E-state index contributed by atoms with van der Waals surface area (Å²) >= 11 is 0. The number of benzene rings is 1. The minimum Gasteiger partial charge on any atom is -0.294 e. The van der Waals surface area contributed by atoms with Crippen LogP contribution >= 0.6 is 0 Å². The van der Waals surface area contributed by atoms with Gasteiger partial charge in [0.25, 0.3) is 5.91 Å². The van der Waals surface area contributed by atoms with Crippen LogP contribution in [0.25, 0.3) is 0 Å². The molecule has 0 aromatic heterocycles. The van der Waals surface area contributed by atoms with Gasteiger partial charge in [-0.15, -0.1) is 4.91 Å². The number of nitrogens with one attached hydrogen (secondary N) is 1. The van der Waals surface area contributed by atoms with Gasteiger partial charge in [-0.05, 0) is 5.56 Å². The van der Waals surface area contributed by atoms with E-state index in [0.29, 0.717) is 5.56 Å². The van der Waals surface area contributed by atoms with Gasteiger partial charge in [-0.25, -0.2) is 0 Å². The van der Waals surface area contributed by atoms with E-state index in [9.17, 15) is 14.5 Å². The summed E-state index contributed by atoms with van der Waals surface area (Å²) in [4.78, 5) is 32.5. The zero-order valence-corrected chi connectivity index (χ0v) is 8.14. The van der Waals surface area contributed by atoms with Crippen molar-refractivity contribution in [3.8, 4) is 0 Å². The van der Waals surface area contributed by atoms with Crippen LogP contribution in [0.4, 0.5) is 0 Å². The number of carbonyl (C=O) groups excluding carboxylic acids is 2. The second-order valence-electron chi connectivity index (χ2n) is 2.96. The summed E-state index contributed by atoms with van der Waals surface area (Å²) in [6.07, 6.45) is 0. The number of rotatable bonds is 3. The Morgan fingerprint density at radius 3 is 2.33 bits per heavy atom. The van der Waals surface area contributed by atoms with Crippen molar-refractivity contribution in [3.05, 3.63) is 40.8 Å². The highest BCUT2D eigenvalue weighted by Crippen LogP contribution is 2.16. The second kappa shape index (κ2) is 4.99. The Kier molecular flexibility index (Phi) is 3.68. The highest BCUT2D eigenvalue weighted by Gasteiger charge is 2.21. The van der Waals surface area contributed by atoms with Crippen molar-refractivity contribution < 1.29 is 9.59 Å². The summed E-state index contributed by atoms with van der Waals surface area (Å²) in [5.41, 5.74) is 0.464. The van der Waals surface area contributed by atoms with Crippen LogP contribution in [0, 0.1) is 4.91 Å². The monoisotopic (exact) mass is 206 g/mol. The molecule has 0 radical (unpaired) electrons. The third-order valence-corrected chi connectivity index (χ3v) is 1.77. The molecule has 1 N–H and O–H groups in total. The SMILES string of the molecule is CC(=O)NC(=O)C(N=O)c1ccccc1. The molecule has 0 saturated carbocycles. The molecule has 0 heterocycles. The summed E-state index contributed by atoms with van der Waals surface area (Å²) in [7, 11) is 0. The molecule has 1 aromatic carbocycles. The van der Waals surface area contributed by atoms with E-state index in [2.05, 4.69) is 5.18 Å². The highest BCUT2D eigenvalue weighted by atomic mass is 16.3. The van der Waals surface area contributed by atoms with Crippen LogP contribution in [-0.2, 0) is 9.59 Å². The Balaban J connectivity index is 2.85. The fourth-order valence-corrected chi connectivity index (χ4v) is 1.14. The summed E-state index contributed by atoms with van der Waals surface area (Å²) < 4.78 is 0. The number of hydrogen-bond donors (Lipinski definition) is 1. The second-order valence-corrected chi connectivity index (χ2v) is 2.96. The predicted octanol–water partition coefficient (Wildman–Crippen LogP) is 1.16. The van der Waals surface area contributed by atoms with Gasteiger partial charge in [-0.1, -0.05) is 35.5 Å². The van der Waals surface area contributed by atoms with E-state index in [-0.39, 0.29) is 0 Å². The molecule has 0 bridgehead atoms. The summed E-state index contributed by atoms with van der Waals surface area (Å²) in [6, 6.07) is 7.17. The van der Waals surface area contributed by atoms with Crippen LogP contribution in [0.15, 0.2) is 35.5 Å². The smallest absolute Gasteiger partial charge is 0.259 e. The third kappa shape index (κ3) is 2.98. The Morgan fingerprint density at radius 2 is 1.87 bits per heavy atom. The Labute approximate surface area is 86.5 Å². The van der Waals surface area contributed by atoms with Gasteiger partial charge in [-0.2, -0.15) is 0 Å². The summed E-state index contributed by atoms with van der Waals surface area (Å²) in [5, 5.41) is 4.72. The summed E-state index contributed by atoms with van der Waals surface area (Å²) in [6.45, 7) is 1.20. The van der Waals surface area contributed by atoms with Crippen LogP contribution in [0.5, 0.6) is 0 Å². The molecule has 1 atom stereocenters. The topological polar surface area (TPSA) is 75.6 Å². The molecule has 0 saturated heterocycles. The molecule has 1 rings (SSSR count). The largest absolute Gasteiger partial charge is 0.294 e. The van der Waals surface area contributed by atoms with Gasteiger partial charge in [0, 0.05) is 6.92 Å². The number of hydrogen-bond acceptors (Lipinski definition) is 4. The number of amides is 2. The lowest BCUT2D eigenvalue weighted by molar-refractivity contribution is -0.130. The molecule has 5 nitrogen and oxygen atoms in total. The summed E-state index contributed by atoms with van der Waals surface area (Å²) in [5.74, 6) is -1.21. The zero-order valence-electron chi connectivity index (χ0n) is 8.14. The molecule has 1 unspecified atom stereocenters. The van der Waals surface area contributed by atoms with Crippen LogP contribution in [0.1, 0.15) is 18.5 Å². The van der Waals surface area contributed by atoms with Crippen LogP contribution in [0.3, 0.4) is 0 Å². The van der Waals surface area contributed by atoms with Gasteiger partial charge in [0.1, 0.15) is 0 Å². The molecule has 0 fully saturated rings. The number of carbonyl (C=O) groups is 2. The molecule has 15 heavy (non-hydrogen) atoms. The molecular weight excluding hydrogens is 196 g/mol. The van der Waals surface area contributed by atoms with Crippen molar-refractivity contribution in [1.29, 1.82) is 0 Å². The predicted molar refractivity (Wildman–Crippen MR) is 53.8 cm³/mol. The molecule has 0 aliphatic carbocycles. The fourth-order valence-electron chi connectivity index (χ4n) is 1.14. The normalized spacial score (nSPS) is 11.5. The molecule has 1 aromatic rings. The first-order chi connectivity index (χ1) is 7.15. The van der Waals surface area contributed by atoms with E-state index in [1.54, 1.807) is 30.3 Å². The van der Waals surface area contributed by atoms with E-state index < -0.39 is 17.9 Å². The van der Waals surface area contributed by atoms with E-state index >= 15 is 0 Å². The maximum absolute atomic E-state index is 11.4. The van der Waals surface area contributed by atoms with E-state index in [0.717, 1.165) is 0 Å². The van der Waals surface area contributed by atoms with Crippen LogP contribution < -0.4 is 5.32 Å². The molecule has 0 spiro atoms. The van der Waals surface area contributed by atoms with Crippen LogP contribution in [-0.4, -0.2) is 11.8 Å². The minimum absolute atomic E-state index is 0.464. The quantitative estimate of drug-likeness (QED) is 0.754. The molecule has 78 valence electrons. The first kappa shape index (κ1) is 11.0. The Hall–Kier alpha value is -2.04. The van der Waals surface area contributed by atoms with Gasteiger partial charge in [0.2, 0.25) is 5.91 Å². The average Bonchev–Trinajstić information content (AvgIpc) is 2.19. The molecular formula is C10H10N2O3. The van der Waals surface area contributed by atoms with Gasteiger partial charge < -0.3 is 0 Å². The number of imide groups is 1. The van der Waals surface area contributed by atoms with Gasteiger partial charge >= 0.3 is 0 Å². The fraction of sp³-hybridized carbons (Fsp3) is 0.200. The van der Waals surface area contributed by atoms with E-state index in [1.165, 1.54) is 6.92 Å². The molecule has 5 heteroatoms. The maximum Gasteiger partial charge on any atom is 0.259 e. The van der Waals surface area contributed by atoms with E-state index in [1.807, 2.05) is 5.32 Å². The van der Waals surface area contributed by atoms with Crippen molar-refractivity contribution in [2.75, 3.05) is 0 Å². The van der Waals surface area contributed by atoms with Crippen molar-refractivity contribution >= 4 is 11.8 Å². The van der Waals surface area contributed by atoms with Crippen LogP contribution in [0.2, 0.25) is 0 Å². The Bertz CT molecular complexity index is 376. The molecule has 0 aliphatic rings. The average molecular weight is 206 g/mol. The first-order valence-corrected chi connectivity index (χ1v) is 4.34.